The van der Waals surface area contributed by atoms with E-state index in [9.17, 15) is 4.79 Å². The van der Waals surface area contributed by atoms with Crippen LogP contribution in [-0.2, 0) is 4.74 Å². The van der Waals surface area contributed by atoms with Gasteiger partial charge in [-0.15, -0.1) is 0 Å². The largest absolute Gasteiger partial charge is 0.443 e. The number of amidine groups is 1. The minimum absolute atomic E-state index is 0.322. The number of hydrogen-bond acceptors (Lipinski definition) is 2. The number of halogens is 4. The molecule has 0 aromatic heterocycles. The van der Waals surface area contributed by atoms with E-state index in [1.807, 2.05) is 22.6 Å². The molecule has 0 saturated carbocycles. The number of alkyl halides is 3. The van der Waals surface area contributed by atoms with E-state index in [-0.39, 0.29) is 6.61 Å². The zero-order chi connectivity index (χ0) is 11.4. The van der Waals surface area contributed by atoms with Crippen molar-refractivity contribution in [1.82, 2.24) is 4.90 Å². The van der Waals surface area contributed by atoms with Crippen LogP contribution in [0.1, 0.15) is 0 Å². The van der Waals surface area contributed by atoms with Crippen molar-refractivity contribution in [2.75, 3.05) is 20.7 Å². The summed E-state index contributed by atoms with van der Waals surface area (Å²) in [5, 5.41) is 0. The van der Waals surface area contributed by atoms with Crippen LogP contribution in [0.4, 0.5) is 4.79 Å². The Labute approximate surface area is 111 Å². The number of aliphatic imine (C=N–C) groups is 1. The molecule has 0 radical (unpaired) electrons. The highest BCUT2D eigenvalue weighted by atomic mass is 127. The first kappa shape index (κ1) is 14.5. The third-order valence-electron chi connectivity index (χ3n) is 0.912. The van der Waals surface area contributed by atoms with E-state index in [1.165, 1.54) is 0 Å². The summed E-state index contributed by atoms with van der Waals surface area (Å²) < 4.78 is 3.45. The Morgan fingerprint density at radius 1 is 1.50 bits per heavy atom. The molecule has 0 unspecified atom stereocenters. The van der Waals surface area contributed by atoms with E-state index in [2.05, 4.69) is 9.73 Å². The number of nitrogens with zero attached hydrogens (tertiary/aromatic N) is 2. The first-order chi connectivity index (χ1) is 6.22. The van der Waals surface area contributed by atoms with Gasteiger partial charge in [0.05, 0.1) is 0 Å². The van der Waals surface area contributed by atoms with E-state index in [0.717, 1.165) is 0 Å². The van der Waals surface area contributed by atoms with Crippen LogP contribution in [0.2, 0.25) is 0 Å². The Bertz CT molecular complexity index is 240. The highest BCUT2D eigenvalue weighted by Gasteiger charge is 2.22. The smallest absolute Gasteiger partial charge is 0.436 e. The fourth-order valence-electron chi connectivity index (χ4n) is 0.351. The third kappa shape index (κ3) is 7.90. The molecule has 0 N–H and O–H groups in total. The molecule has 1 amide bonds. The van der Waals surface area contributed by atoms with Crippen LogP contribution in [0.3, 0.4) is 0 Å². The summed E-state index contributed by atoms with van der Waals surface area (Å²) in [6.07, 6.45) is -0.783. The van der Waals surface area contributed by atoms with Crippen molar-refractivity contribution in [3.63, 3.8) is 0 Å². The number of hydrogen-bond donors (Lipinski definition) is 0. The summed E-state index contributed by atoms with van der Waals surface area (Å²) in [6, 6.07) is 0. The van der Waals surface area contributed by atoms with Gasteiger partial charge < -0.3 is 9.64 Å². The normalized spacial score (nSPS) is 12.6. The number of carbonyl (C=O) groups is 1. The predicted octanol–water partition coefficient (Wildman–Crippen LogP) is 2.85. The molecule has 0 fully saturated rings. The van der Waals surface area contributed by atoms with Crippen molar-refractivity contribution in [2.45, 2.75) is 3.79 Å². The molecular formula is C6H8Cl3IN2O2. The molecule has 14 heavy (non-hydrogen) atoms. The molecule has 0 rings (SSSR count). The fraction of sp³-hybridized carbons (Fsp3) is 0.667. The maximum absolute atomic E-state index is 11.0. The maximum Gasteiger partial charge on any atom is 0.436 e. The van der Waals surface area contributed by atoms with Crippen molar-refractivity contribution in [2.24, 2.45) is 4.99 Å². The Balaban J connectivity index is 4.06. The van der Waals surface area contributed by atoms with Crippen LogP contribution < -0.4 is 0 Å². The molecule has 8 heteroatoms. The van der Waals surface area contributed by atoms with Crippen LogP contribution in [0.15, 0.2) is 4.99 Å². The summed E-state index contributed by atoms with van der Waals surface area (Å²) in [4.78, 5) is 16.2. The van der Waals surface area contributed by atoms with Gasteiger partial charge in [-0.05, 0) is 22.6 Å². The highest BCUT2D eigenvalue weighted by molar-refractivity contribution is 14.1. The zero-order valence-corrected chi connectivity index (χ0v) is 11.9. The van der Waals surface area contributed by atoms with Crippen molar-refractivity contribution < 1.29 is 9.53 Å². The van der Waals surface area contributed by atoms with Crippen molar-refractivity contribution >= 4 is 67.3 Å². The first-order valence-corrected chi connectivity index (χ1v) is 5.58. The Morgan fingerprint density at radius 2 is 2.00 bits per heavy atom. The maximum atomic E-state index is 11.0. The Morgan fingerprint density at radius 3 is 2.36 bits per heavy atom. The molecule has 0 saturated heterocycles. The summed E-state index contributed by atoms with van der Waals surface area (Å²) in [5.74, 6) is 0. The van der Waals surface area contributed by atoms with Gasteiger partial charge in [0.25, 0.3) is 0 Å². The molecule has 0 aromatic carbocycles. The number of carbonyl (C=O) groups excluding carboxylic acids is 1. The van der Waals surface area contributed by atoms with Gasteiger partial charge in [0.1, 0.15) is 6.61 Å². The van der Waals surface area contributed by atoms with Crippen LogP contribution in [0.5, 0.6) is 0 Å². The fourth-order valence-corrected chi connectivity index (χ4v) is 0.712. The lowest BCUT2D eigenvalue weighted by molar-refractivity contribution is 0.159. The Hall–Kier alpha value is 0.540. The molecule has 0 aliphatic rings. The monoisotopic (exact) mass is 372 g/mol. The molecule has 82 valence electrons. The summed E-state index contributed by atoms with van der Waals surface area (Å²) >= 11 is 18.0. The number of ether oxygens (including phenoxy) is 1. The average molecular weight is 373 g/mol. The van der Waals surface area contributed by atoms with E-state index in [0.29, 0.717) is 3.84 Å². The molecule has 0 aliphatic heterocycles. The molecule has 0 bridgehead atoms. The van der Waals surface area contributed by atoms with Crippen LogP contribution >= 0.6 is 57.4 Å². The van der Waals surface area contributed by atoms with Gasteiger partial charge in [-0.2, -0.15) is 4.99 Å². The highest BCUT2D eigenvalue weighted by Crippen LogP contribution is 2.26. The summed E-state index contributed by atoms with van der Waals surface area (Å²) in [7, 11) is 3.49. The second-order valence-electron chi connectivity index (χ2n) is 2.45. The van der Waals surface area contributed by atoms with Crippen LogP contribution in [-0.4, -0.2) is 39.3 Å². The second kappa shape index (κ2) is 6.19. The standard InChI is InChI=1S/C6H8Cl3IN2O2/c1-12(2)4(10)11-5(13)14-3-6(7,8)9/h3H2,1-2H3/b11-4-. The van der Waals surface area contributed by atoms with Gasteiger partial charge >= 0.3 is 6.09 Å². The average Bonchev–Trinajstić information content (AvgIpc) is 1.99. The lowest BCUT2D eigenvalue weighted by atomic mass is 10.8. The van der Waals surface area contributed by atoms with Gasteiger partial charge in [0, 0.05) is 14.1 Å². The minimum atomic E-state index is -1.60. The molecule has 0 heterocycles. The quantitative estimate of drug-likeness (QED) is 0.233. The van der Waals surface area contributed by atoms with Crippen LogP contribution in [0.25, 0.3) is 0 Å². The van der Waals surface area contributed by atoms with Gasteiger partial charge in [0.15, 0.2) is 3.84 Å². The first-order valence-electron chi connectivity index (χ1n) is 3.37. The lowest BCUT2D eigenvalue weighted by Gasteiger charge is -2.11. The van der Waals surface area contributed by atoms with Crippen LogP contribution in [0, 0.1) is 0 Å². The summed E-state index contributed by atoms with van der Waals surface area (Å²) in [5.41, 5.74) is 0. The van der Waals surface area contributed by atoms with Crippen molar-refractivity contribution in [3.05, 3.63) is 0 Å². The van der Waals surface area contributed by atoms with Gasteiger partial charge in [-0.3, -0.25) is 0 Å². The molecule has 0 spiro atoms. The van der Waals surface area contributed by atoms with Crippen molar-refractivity contribution in [1.29, 1.82) is 0 Å². The minimum Gasteiger partial charge on any atom is -0.443 e. The topological polar surface area (TPSA) is 41.9 Å². The molecular weight excluding hydrogens is 365 g/mol. The lowest BCUT2D eigenvalue weighted by Crippen LogP contribution is -2.19. The SMILES string of the molecule is CN(C)/C(I)=N\C(=O)OCC(Cl)(Cl)Cl. The number of amides is 1. The summed E-state index contributed by atoms with van der Waals surface area (Å²) in [6.45, 7) is -0.322. The van der Waals surface area contributed by atoms with E-state index in [4.69, 9.17) is 34.8 Å². The van der Waals surface area contributed by atoms with E-state index < -0.39 is 9.89 Å². The predicted molar refractivity (Wildman–Crippen MR) is 66.8 cm³/mol. The zero-order valence-electron chi connectivity index (χ0n) is 7.43. The molecule has 0 aliphatic carbocycles. The third-order valence-corrected chi connectivity index (χ3v) is 2.45. The molecule has 0 aromatic rings. The molecule has 0 atom stereocenters. The van der Waals surface area contributed by atoms with Crippen molar-refractivity contribution in [3.8, 4) is 0 Å². The second-order valence-corrected chi connectivity index (χ2v) is 5.93. The molecule has 4 nitrogen and oxygen atoms in total. The van der Waals surface area contributed by atoms with E-state index >= 15 is 0 Å². The number of rotatable bonds is 1. The Kier molecular flexibility index (Phi) is 6.43. The van der Waals surface area contributed by atoms with Gasteiger partial charge in [0.2, 0.25) is 3.79 Å². The van der Waals surface area contributed by atoms with Gasteiger partial charge in [-0.1, -0.05) is 34.8 Å². The van der Waals surface area contributed by atoms with E-state index in [1.54, 1.807) is 19.0 Å². The van der Waals surface area contributed by atoms with Gasteiger partial charge in [-0.25, -0.2) is 4.79 Å².